The smallest absolute Gasteiger partial charge is 0.0542 e. The maximum atomic E-state index is 2.45. The summed E-state index contributed by atoms with van der Waals surface area (Å²) >= 11 is 0. The number of benzene rings is 10. The molecular formula is C64H47N3. The Kier molecular flexibility index (Phi) is 9.28. The van der Waals surface area contributed by atoms with Crippen molar-refractivity contribution in [2.24, 2.45) is 0 Å². The van der Waals surface area contributed by atoms with Crippen molar-refractivity contribution in [3.63, 3.8) is 0 Å². The summed E-state index contributed by atoms with van der Waals surface area (Å²) in [5, 5.41) is 7.49. The number of hydrogen-bond acceptors (Lipinski definition) is 0. The van der Waals surface area contributed by atoms with Crippen molar-refractivity contribution in [3.05, 3.63) is 236 Å². The summed E-state index contributed by atoms with van der Waals surface area (Å²) in [5.41, 5.74) is 19.4. The highest BCUT2D eigenvalue weighted by atomic mass is 15.0. The molecule has 0 saturated heterocycles. The van der Waals surface area contributed by atoms with E-state index in [4.69, 9.17) is 0 Å². The van der Waals surface area contributed by atoms with E-state index >= 15 is 0 Å². The monoisotopic (exact) mass is 857 g/mol. The zero-order chi connectivity index (χ0) is 44.4. The minimum absolute atomic E-state index is 1.12. The summed E-state index contributed by atoms with van der Waals surface area (Å²) in [6.45, 7) is 2.26. The first-order valence-electron chi connectivity index (χ1n) is 23.6. The molecule has 67 heavy (non-hydrogen) atoms. The second-order valence-corrected chi connectivity index (χ2v) is 18.0. The third kappa shape index (κ3) is 6.49. The molecule has 0 amide bonds. The van der Waals surface area contributed by atoms with Crippen LogP contribution in [0.3, 0.4) is 0 Å². The Bertz CT molecular complexity index is 3990. The topological polar surface area (TPSA) is 14.8 Å². The van der Waals surface area contributed by atoms with Gasteiger partial charge in [-0.2, -0.15) is 0 Å². The Morgan fingerprint density at radius 1 is 0.269 bits per heavy atom. The lowest BCUT2D eigenvalue weighted by molar-refractivity contribution is 0.795. The van der Waals surface area contributed by atoms with E-state index in [1.807, 2.05) is 0 Å². The van der Waals surface area contributed by atoms with E-state index in [0.29, 0.717) is 0 Å². The lowest BCUT2D eigenvalue weighted by Crippen LogP contribution is -1.96. The van der Waals surface area contributed by atoms with Gasteiger partial charge in [-0.3, -0.25) is 0 Å². The van der Waals surface area contributed by atoms with Gasteiger partial charge in [-0.05, 0) is 137 Å². The van der Waals surface area contributed by atoms with Crippen LogP contribution in [0, 0.1) is 0 Å². The molecule has 0 fully saturated rings. The minimum Gasteiger partial charge on any atom is -0.309 e. The molecule has 10 aromatic carbocycles. The molecule has 3 aromatic heterocycles. The normalized spacial score (nSPS) is 11.8. The van der Waals surface area contributed by atoms with E-state index in [-0.39, 0.29) is 0 Å². The van der Waals surface area contributed by atoms with Crippen molar-refractivity contribution in [1.82, 2.24) is 13.7 Å². The molecule has 0 spiro atoms. The first kappa shape index (κ1) is 39.0. The first-order chi connectivity index (χ1) is 33.2. The molecule has 3 heteroatoms. The summed E-state index contributed by atoms with van der Waals surface area (Å²) in [4.78, 5) is 0. The molecular weight excluding hydrogens is 811 g/mol. The lowest BCUT2D eigenvalue weighted by Gasteiger charge is -2.12. The average molecular weight is 858 g/mol. The van der Waals surface area contributed by atoms with Crippen LogP contribution < -0.4 is 0 Å². The number of nitrogens with zero attached hydrogens (tertiary/aromatic N) is 3. The van der Waals surface area contributed by atoms with Gasteiger partial charge in [0.1, 0.15) is 0 Å². The summed E-state index contributed by atoms with van der Waals surface area (Å²) in [6, 6.07) is 85.2. The second kappa shape index (κ2) is 15.9. The molecule has 0 unspecified atom stereocenters. The van der Waals surface area contributed by atoms with Crippen LogP contribution in [0.25, 0.3) is 116 Å². The average Bonchev–Trinajstić information content (AvgIpc) is 4.03. The van der Waals surface area contributed by atoms with Crippen molar-refractivity contribution in [3.8, 4) is 50.4 Å². The van der Waals surface area contributed by atoms with Crippen molar-refractivity contribution in [2.75, 3.05) is 0 Å². The third-order valence-corrected chi connectivity index (χ3v) is 14.0. The molecule has 3 heterocycles. The highest BCUT2D eigenvalue weighted by molar-refractivity contribution is 6.14. The van der Waals surface area contributed by atoms with Gasteiger partial charge in [0, 0.05) is 49.4 Å². The van der Waals surface area contributed by atoms with Crippen LogP contribution in [0.1, 0.15) is 25.3 Å². The molecule has 0 aliphatic heterocycles. The van der Waals surface area contributed by atoms with E-state index in [0.717, 1.165) is 17.8 Å². The van der Waals surface area contributed by atoms with Crippen molar-refractivity contribution >= 4 is 65.4 Å². The Hall–Kier alpha value is -8.40. The fourth-order valence-electron chi connectivity index (χ4n) is 10.7. The summed E-state index contributed by atoms with van der Waals surface area (Å²) in [6.07, 6.45) is 3.54. The van der Waals surface area contributed by atoms with Crippen LogP contribution in [0.2, 0.25) is 0 Å². The standard InChI is InChI=1S/C64H47N3/c1-2-3-14-43-25-33-50(34-26-43)65-59-22-10-9-21-55(59)58-42-52(35-38-64(58)65)67-61-24-12-8-20-54(61)57-41-49(32-37-63(57)67)48-31-36-62-56(40-48)53-19-7-11-23-60(53)66(62)51-18-13-17-47(39-51)46-29-27-45(28-30-46)44-15-5-4-6-16-44/h4-13,15-42H,2-3,14H2,1H3. The number of rotatable bonds is 9. The van der Waals surface area contributed by atoms with Gasteiger partial charge in [0.15, 0.2) is 0 Å². The lowest BCUT2D eigenvalue weighted by atomic mass is 10.00. The molecule has 13 aromatic rings. The van der Waals surface area contributed by atoms with Gasteiger partial charge < -0.3 is 13.7 Å². The Morgan fingerprint density at radius 3 is 1.22 bits per heavy atom. The van der Waals surface area contributed by atoms with E-state index in [1.54, 1.807) is 0 Å². The van der Waals surface area contributed by atoms with E-state index in [1.165, 1.54) is 123 Å². The van der Waals surface area contributed by atoms with Gasteiger partial charge in [0.05, 0.1) is 33.1 Å². The predicted molar refractivity (Wildman–Crippen MR) is 284 cm³/mol. The first-order valence-corrected chi connectivity index (χ1v) is 23.6. The number of aryl methyl sites for hydroxylation is 1. The fourth-order valence-corrected chi connectivity index (χ4v) is 10.7. The second-order valence-electron chi connectivity index (χ2n) is 18.0. The summed E-state index contributed by atoms with van der Waals surface area (Å²) < 4.78 is 7.30. The largest absolute Gasteiger partial charge is 0.309 e. The molecule has 0 radical (unpaired) electrons. The predicted octanol–water partition coefficient (Wildman–Crippen LogP) is 17.3. The van der Waals surface area contributed by atoms with Gasteiger partial charge in [-0.1, -0.05) is 159 Å². The number of unbranched alkanes of at least 4 members (excludes halogenated alkanes) is 1. The quantitative estimate of drug-likeness (QED) is 0.137. The van der Waals surface area contributed by atoms with Crippen molar-refractivity contribution in [2.45, 2.75) is 26.2 Å². The van der Waals surface area contributed by atoms with Crippen LogP contribution in [0.15, 0.2) is 231 Å². The zero-order valence-electron chi connectivity index (χ0n) is 37.4. The number of fused-ring (bicyclic) bond motifs is 9. The molecule has 0 atom stereocenters. The Morgan fingerprint density at radius 2 is 0.657 bits per heavy atom. The van der Waals surface area contributed by atoms with Crippen LogP contribution >= 0.6 is 0 Å². The van der Waals surface area contributed by atoms with Crippen LogP contribution in [0.4, 0.5) is 0 Å². The fraction of sp³-hybridized carbons (Fsp3) is 0.0625. The number of aromatic nitrogens is 3. The highest BCUT2D eigenvalue weighted by Gasteiger charge is 2.19. The Labute approximate surface area is 390 Å². The van der Waals surface area contributed by atoms with Crippen LogP contribution in [-0.4, -0.2) is 13.7 Å². The van der Waals surface area contributed by atoms with Gasteiger partial charge in [0.25, 0.3) is 0 Å². The van der Waals surface area contributed by atoms with Gasteiger partial charge in [0.2, 0.25) is 0 Å². The summed E-state index contributed by atoms with van der Waals surface area (Å²) in [7, 11) is 0. The molecule has 0 saturated carbocycles. The number of hydrogen-bond donors (Lipinski definition) is 0. The Balaban J connectivity index is 0.894. The summed E-state index contributed by atoms with van der Waals surface area (Å²) in [5.74, 6) is 0. The van der Waals surface area contributed by atoms with Crippen LogP contribution in [0.5, 0.6) is 0 Å². The third-order valence-electron chi connectivity index (χ3n) is 14.0. The van der Waals surface area contributed by atoms with E-state index < -0.39 is 0 Å². The van der Waals surface area contributed by atoms with Gasteiger partial charge in [-0.25, -0.2) is 0 Å². The van der Waals surface area contributed by atoms with E-state index in [9.17, 15) is 0 Å². The van der Waals surface area contributed by atoms with Gasteiger partial charge >= 0.3 is 0 Å². The van der Waals surface area contributed by atoms with E-state index in [2.05, 4.69) is 251 Å². The SMILES string of the molecule is CCCCc1ccc(-n2c3ccccc3c3cc(-n4c5ccccc5c5cc(-c6ccc7c(c6)c6ccccc6n7-c6cccc(-c7ccc(-c8ccccc8)cc7)c6)ccc54)ccc32)cc1. The molecule has 318 valence electrons. The molecule has 0 aliphatic rings. The minimum atomic E-state index is 1.12. The molecule has 0 bridgehead atoms. The van der Waals surface area contributed by atoms with Crippen LogP contribution in [-0.2, 0) is 6.42 Å². The zero-order valence-corrected chi connectivity index (χ0v) is 37.4. The molecule has 13 rings (SSSR count). The van der Waals surface area contributed by atoms with Crippen molar-refractivity contribution in [1.29, 1.82) is 0 Å². The van der Waals surface area contributed by atoms with Crippen molar-refractivity contribution < 1.29 is 0 Å². The van der Waals surface area contributed by atoms with Gasteiger partial charge in [-0.15, -0.1) is 0 Å². The molecule has 3 nitrogen and oxygen atoms in total. The maximum absolute atomic E-state index is 2.45. The molecule has 0 N–H and O–H groups in total. The maximum Gasteiger partial charge on any atom is 0.0542 e. The highest BCUT2D eigenvalue weighted by Crippen LogP contribution is 2.40. The number of para-hydroxylation sites is 3. The molecule has 0 aliphatic carbocycles.